The van der Waals surface area contributed by atoms with Crippen molar-refractivity contribution in [2.45, 2.75) is 115 Å². The largest absolute Gasteiger partial charge is 0.459 e. The van der Waals surface area contributed by atoms with Gasteiger partial charge in [0.1, 0.15) is 23.9 Å². The molecule has 0 saturated carbocycles. The van der Waals surface area contributed by atoms with Crippen LogP contribution in [0.3, 0.4) is 0 Å². The third kappa shape index (κ3) is 11.6. The van der Waals surface area contributed by atoms with E-state index in [9.17, 15) is 24.3 Å². The Balaban J connectivity index is 1.24. The van der Waals surface area contributed by atoms with Crippen LogP contribution in [-0.2, 0) is 44.7 Å². The minimum absolute atomic E-state index is 0.0291. The number of benzene rings is 1. The molecule has 6 N–H and O–H groups in total. The number of rotatable bonds is 14. The van der Waals surface area contributed by atoms with Crippen molar-refractivity contribution in [2.24, 2.45) is 11.7 Å². The summed E-state index contributed by atoms with van der Waals surface area (Å²) < 4.78 is 23.2. The molecular weight excluding hydrogens is 644 g/mol. The van der Waals surface area contributed by atoms with Crippen LogP contribution in [0.5, 0.6) is 0 Å². The first-order valence-electron chi connectivity index (χ1n) is 17.3. The minimum atomic E-state index is -0.849. The second kappa shape index (κ2) is 17.9. The Morgan fingerprint density at radius 1 is 1.10 bits per heavy atom. The molecule has 50 heavy (non-hydrogen) atoms. The van der Waals surface area contributed by atoms with E-state index in [-0.39, 0.29) is 54.9 Å². The van der Waals surface area contributed by atoms with Crippen LogP contribution in [0, 0.1) is 5.92 Å². The molecule has 0 unspecified atom stereocenters. The molecule has 4 rings (SSSR count). The average Bonchev–Trinajstić information content (AvgIpc) is 3.84. The molecule has 3 heterocycles. The summed E-state index contributed by atoms with van der Waals surface area (Å²) in [6, 6.07) is 7.00. The summed E-state index contributed by atoms with van der Waals surface area (Å²) in [6.45, 7) is 9.68. The lowest BCUT2D eigenvalue weighted by atomic mass is 9.87. The number of carbonyl (C=O) groups excluding carboxylic acids is 4. The van der Waals surface area contributed by atoms with E-state index in [2.05, 4.69) is 29.0 Å². The Labute approximate surface area is 294 Å². The molecule has 3 aliphatic rings. The molecule has 274 valence electrons. The number of aliphatic hydroxyl groups excluding tert-OH is 1. The van der Waals surface area contributed by atoms with Gasteiger partial charge in [-0.3, -0.25) is 19.2 Å². The zero-order valence-corrected chi connectivity index (χ0v) is 29.6. The Morgan fingerprint density at radius 3 is 2.48 bits per heavy atom. The lowest BCUT2D eigenvalue weighted by Gasteiger charge is -2.39. The predicted octanol–water partition coefficient (Wildman–Crippen LogP) is 2.58. The van der Waals surface area contributed by atoms with Crippen LogP contribution in [0.1, 0.15) is 65.9 Å². The van der Waals surface area contributed by atoms with Crippen molar-refractivity contribution in [3.63, 3.8) is 0 Å². The van der Waals surface area contributed by atoms with Crippen LogP contribution in [0.2, 0.25) is 0 Å². The summed E-state index contributed by atoms with van der Waals surface area (Å²) in [5, 5.41) is 19.6. The molecule has 13 nitrogen and oxygen atoms in total. The van der Waals surface area contributed by atoms with E-state index in [1.54, 1.807) is 25.1 Å². The molecule has 3 amide bonds. The number of epoxide rings is 1. The zero-order chi connectivity index (χ0) is 36.4. The summed E-state index contributed by atoms with van der Waals surface area (Å²) in [5.41, 5.74) is 7.11. The Hall–Kier alpha value is -3.88. The minimum Gasteiger partial charge on any atom is -0.459 e. The van der Waals surface area contributed by atoms with Gasteiger partial charge < -0.3 is 45.7 Å². The lowest BCUT2D eigenvalue weighted by molar-refractivity contribution is -0.145. The number of carbonyl (C=O) groups is 4. The van der Waals surface area contributed by atoms with Crippen molar-refractivity contribution in [1.29, 1.82) is 0 Å². The first-order valence-corrected chi connectivity index (χ1v) is 17.3. The van der Waals surface area contributed by atoms with E-state index in [1.165, 1.54) is 13.0 Å². The van der Waals surface area contributed by atoms with Crippen molar-refractivity contribution in [3.05, 3.63) is 65.8 Å². The van der Waals surface area contributed by atoms with E-state index < -0.39 is 36.0 Å². The molecule has 13 heteroatoms. The molecule has 3 saturated heterocycles. The van der Waals surface area contributed by atoms with E-state index in [0.717, 1.165) is 17.6 Å². The number of amides is 3. The molecular formula is C37H52N4O9. The predicted molar refractivity (Wildman–Crippen MR) is 186 cm³/mol. The van der Waals surface area contributed by atoms with Crippen LogP contribution >= 0.6 is 0 Å². The van der Waals surface area contributed by atoms with E-state index >= 15 is 0 Å². The smallest absolute Gasteiger partial charge is 0.303 e. The van der Waals surface area contributed by atoms with E-state index in [1.807, 2.05) is 38.1 Å². The molecule has 1 aromatic carbocycles. The van der Waals surface area contributed by atoms with Gasteiger partial charge in [0.15, 0.2) is 0 Å². The van der Waals surface area contributed by atoms with Gasteiger partial charge in [0, 0.05) is 31.7 Å². The maximum Gasteiger partial charge on any atom is 0.303 e. The molecule has 3 aliphatic heterocycles. The van der Waals surface area contributed by atoms with Gasteiger partial charge in [0.2, 0.25) is 17.7 Å². The molecule has 9 atom stereocenters. The number of aliphatic hydroxyl groups is 1. The highest BCUT2D eigenvalue weighted by atomic mass is 16.6. The molecule has 1 spiro atoms. The molecule has 3 fully saturated rings. The van der Waals surface area contributed by atoms with Gasteiger partial charge >= 0.3 is 5.97 Å². The highest BCUT2D eigenvalue weighted by molar-refractivity contribution is 5.92. The number of ether oxygens (including phenoxy) is 4. The topological polar surface area (TPSA) is 191 Å². The number of hydrogen-bond acceptors (Lipinski definition) is 10. The van der Waals surface area contributed by atoms with Crippen molar-refractivity contribution in [1.82, 2.24) is 10.6 Å². The van der Waals surface area contributed by atoms with Crippen molar-refractivity contribution >= 4 is 29.4 Å². The molecule has 0 aliphatic carbocycles. The maximum atomic E-state index is 12.8. The van der Waals surface area contributed by atoms with Gasteiger partial charge in [-0.1, -0.05) is 42.9 Å². The van der Waals surface area contributed by atoms with E-state index in [0.29, 0.717) is 31.7 Å². The number of anilines is 1. The first-order chi connectivity index (χ1) is 23.8. The fourth-order valence-electron chi connectivity index (χ4n) is 6.28. The monoisotopic (exact) mass is 696 g/mol. The standard InChI is InChI=1S/C37H52N4O9/c1-22(6-13-31-23(2)16-30(25(4)49-31)41-33(43)15-8-24(3)48-26(5)42)7-14-32-36(46)37(21-47-37)18-29(50-32)17-34(44)39-20-27-9-11-28(12-10-27)40-35(45)19-38/h6-12,14-15,23-25,29-32,36,46H,13,16-21,38H2,1-5H3,(H,39,44)(H,40,45)(H,41,43)/b14-7+,15-8-,22-6+/t23-,24-,25+,29+,30+,31-,32+,36+,37+/m0/s1. The van der Waals surface area contributed by atoms with Gasteiger partial charge in [-0.05, 0) is 63.3 Å². The van der Waals surface area contributed by atoms with E-state index in [4.69, 9.17) is 24.7 Å². The quantitative estimate of drug-likeness (QED) is 0.0837. The van der Waals surface area contributed by atoms with Crippen molar-refractivity contribution < 1.29 is 43.2 Å². The van der Waals surface area contributed by atoms with Crippen LogP contribution < -0.4 is 21.7 Å². The highest BCUT2D eigenvalue weighted by Crippen LogP contribution is 2.43. The number of allylic oxidation sites excluding steroid dienone is 2. The summed E-state index contributed by atoms with van der Waals surface area (Å²) >= 11 is 0. The van der Waals surface area contributed by atoms with Gasteiger partial charge in [-0.2, -0.15) is 0 Å². The summed E-state index contributed by atoms with van der Waals surface area (Å²) in [7, 11) is 0. The fraction of sp³-hybridized carbons (Fsp3) is 0.568. The number of hydrogen-bond donors (Lipinski definition) is 5. The third-order valence-electron chi connectivity index (χ3n) is 9.25. The summed E-state index contributed by atoms with van der Waals surface area (Å²) in [6.07, 6.45) is 8.13. The number of esters is 1. The fourth-order valence-corrected chi connectivity index (χ4v) is 6.28. The average molecular weight is 697 g/mol. The molecule has 0 radical (unpaired) electrons. The molecule has 0 bridgehead atoms. The second-order valence-electron chi connectivity index (χ2n) is 13.6. The maximum absolute atomic E-state index is 12.8. The van der Waals surface area contributed by atoms with Crippen LogP contribution in [0.25, 0.3) is 0 Å². The summed E-state index contributed by atoms with van der Waals surface area (Å²) in [4.78, 5) is 47.8. The van der Waals surface area contributed by atoms with Gasteiger partial charge in [0.25, 0.3) is 0 Å². The van der Waals surface area contributed by atoms with Crippen LogP contribution in [0.15, 0.2) is 60.2 Å². The molecule has 1 aromatic rings. The van der Waals surface area contributed by atoms with Gasteiger partial charge in [-0.25, -0.2) is 0 Å². The van der Waals surface area contributed by atoms with Crippen molar-refractivity contribution in [3.8, 4) is 0 Å². The van der Waals surface area contributed by atoms with Gasteiger partial charge in [0.05, 0.1) is 43.9 Å². The second-order valence-corrected chi connectivity index (χ2v) is 13.6. The van der Waals surface area contributed by atoms with Gasteiger partial charge in [-0.15, -0.1) is 0 Å². The Kier molecular flexibility index (Phi) is 13.9. The Bertz CT molecular complexity index is 1440. The number of nitrogens with one attached hydrogen (secondary N) is 3. The normalized spacial score (nSPS) is 30.2. The highest BCUT2D eigenvalue weighted by Gasteiger charge is 2.58. The summed E-state index contributed by atoms with van der Waals surface area (Å²) in [5.74, 6) is -0.928. The van der Waals surface area contributed by atoms with Crippen LogP contribution in [-0.4, -0.2) is 90.2 Å². The van der Waals surface area contributed by atoms with Crippen molar-refractivity contribution in [2.75, 3.05) is 18.5 Å². The number of nitrogens with two attached hydrogens (primary N) is 1. The Morgan fingerprint density at radius 2 is 1.82 bits per heavy atom. The lowest BCUT2D eigenvalue weighted by Crippen LogP contribution is -2.50. The van der Waals surface area contributed by atoms with Crippen LogP contribution in [0.4, 0.5) is 5.69 Å². The SMILES string of the molecule is CC(=O)O[C@@H](C)/C=C\C(=O)N[C@@H]1C[C@H](C)[C@H](C/C=C(C)/C=C/[C@H]2O[C@H](CC(=O)NCc3ccc(NC(=O)CN)cc3)C[C@@]3(CO3)[C@@H]2O)O[C@@H]1C. The zero-order valence-electron chi connectivity index (χ0n) is 29.6. The molecule has 0 aromatic heterocycles. The third-order valence-corrected chi connectivity index (χ3v) is 9.25. The first kappa shape index (κ1) is 38.9.